The summed E-state index contributed by atoms with van der Waals surface area (Å²) in [6.07, 6.45) is 4.28. The third kappa shape index (κ3) is 7.03. The van der Waals surface area contributed by atoms with Gasteiger partial charge in [-0.25, -0.2) is 0 Å². The van der Waals surface area contributed by atoms with Crippen LogP contribution in [-0.2, 0) is 0 Å². The molecule has 1 atom stereocenters. The fourth-order valence-electron chi connectivity index (χ4n) is 0.549. The Hall–Kier alpha value is -0.860. The molecule has 0 amide bonds. The first-order valence-electron chi connectivity index (χ1n) is 3.99. The fourth-order valence-corrected chi connectivity index (χ4v) is 0.549. The molecular formula is C8H17N3. The molecule has 0 aliphatic heterocycles. The molecule has 0 radical (unpaired) electrons. The quantitative estimate of drug-likeness (QED) is 0.469. The highest BCUT2D eigenvalue weighted by molar-refractivity contribution is 5.63. The Morgan fingerprint density at radius 2 is 2.18 bits per heavy atom. The predicted molar refractivity (Wildman–Crippen MR) is 50.4 cm³/mol. The molecule has 0 fully saturated rings. The van der Waals surface area contributed by atoms with E-state index in [0.717, 1.165) is 6.54 Å². The van der Waals surface area contributed by atoms with Gasteiger partial charge in [-0.2, -0.15) is 0 Å². The van der Waals surface area contributed by atoms with E-state index in [1.165, 1.54) is 12.8 Å². The van der Waals surface area contributed by atoms with Crippen molar-refractivity contribution < 1.29 is 0 Å². The van der Waals surface area contributed by atoms with E-state index in [-0.39, 0.29) is 0 Å². The first kappa shape index (κ1) is 10.1. The zero-order valence-corrected chi connectivity index (χ0v) is 7.33. The molecule has 0 aromatic rings. The summed E-state index contributed by atoms with van der Waals surface area (Å²) in [4.78, 5) is 7.98. The minimum absolute atomic E-state index is 0.604. The first-order chi connectivity index (χ1) is 5.31. The van der Waals surface area contributed by atoms with Crippen LogP contribution in [0, 0.1) is 5.92 Å². The Kier molecular flexibility index (Phi) is 6.68. The normalized spacial score (nSPS) is 14.7. The molecule has 0 aliphatic carbocycles. The highest BCUT2D eigenvalue weighted by Crippen LogP contribution is 1.98. The molecule has 0 aliphatic rings. The van der Waals surface area contributed by atoms with Crippen LogP contribution >= 0.6 is 0 Å². The molecule has 0 aromatic carbocycles. The predicted octanol–water partition coefficient (Wildman–Crippen LogP) is 1.09. The van der Waals surface area contributed by atoms with Crippen LogP contribution in [0.1, 0.15) is 20.3 Å². The summed E-state index contributed by atoms with van der Waals surface area (Å²) in [5, 5.41) is 0. The van der Waals surface area contributed by atoms with Crippen molar-refractivity contribution in [1.29, 1.82) is 0 Å². The second kappa shape index (κ2) is 7.25. The van der Waals surface area contributed by atoms with Gasteiger partial charge in [0.25, 0.3) is 0 Å². The molecule has 0 heterocycles. The number of hydrogen-bond donors (Lipinski definition) is 1. The lowest BCUT2D eigenvalue weighted by atomic mass is 10.1. The van der Waals surface area contributed by atoms with Crippen LogP contribution in [0.15, 0.2) is 9.98 Å². The molecule has 0 rings (SSSR count). The Balaban J connectivity index is 3.29. The molecule has 0 spiro atoms. The van der Waals surface area contributed by atoms with Gasteiger partial charge in [-0.3, -0.25) is 9.98 Å². The zero-order valence-electron chi connectivity index (χ0n) is 7.33. The Morgan fingerprint density at radius 3 is 2.73 bits per heavy atom. The van der Waals surface area contributed by atoms with Gasteiger partial charge in [0.05, 0.1) is 12.9 Å². The van der Waals surface area contributed by atoms with Crippen molar-refractivity contribution in [3.8, 4) is 0 Å². The second-order valence-corrected chi connectivity index (χ2v) is 2.58. The largest absolute Gasteiger partial charge is 0.390 e. The van der Waals surface area contributed by atoms with Gasteiger partial charge in [-0.1, -0.05) is 20.3 Å². The van der Waals surface area contributed by atoms with E-state index in [2.05, 4.69) is 23.8 Å². The van der Waals surface area contributed by atoms with Crippen molar-refractivity contribution in [2.45, 2.75) is 20.3 Å². The molecular weight excluding hydrogens is 138 g/mol. The van der Waals surface area contributed by atoms with Crippen LogP contribution in [0.5, 0.6) is 0 Å². The lowest BCUT2D eigenvalue weighted by Crippen LogP contribution is -1.98. The van der Waals surface area contributed by atoms with E-state index in [9.17, 15) is 0 Å². The van der Waals surface area contributed by atoms with Gasteiger partial charge in [0.2, 0.25) is 0 Å². The smallest absolute Gasteiger partial charge is 0.0802 e. The summed E-state index contributed by atoms with van der Waals surface area (Å²) >= 11 is 0. The third-order valence-electron chi connectivity index (χ3n) is 1.54. The lowest BCUT2D eigenvalue weighted by Gasteiger charge is -2.01. The number of rotatable bonds is 5. The summed E-state index contributed by atoms with van der Waals surface area (Å²) in [6.45, 7) is 5.85. The van der Waals surface area contributed by atoms with E-state index in [0.29, 0.717) is 12.5 Å². The van der Waals surface area contributed by atoms with Gasteiger partial charge in [-0.15, -0.1) is 0 Å². The molecule has 3 heteroatoms. The monoisotopic (exact) mass is 155 g/mol. The first-order valence-corrected chi connectivity index (χ1v) is 3.99. The molecule has 64 valence electrons. The SMILES string of the molecule is CCC(C)CN=CCN=CN. The van der Waals surface area contributed by atoms with Crippen LogP contribution in [0.3, 0.4) is 0 Å². The number of aliphatic imine (C=N–C) groups is 2. The molecule has 1 unspecified atom stereocenters. The van der Waals surface area contributed by atoms with Crippen molar-refractivity contribution in [1.82, 2.24) is 0 Å². The summed E-state index contributed by atoms with van der Waals surface area (Å²) in [5.74, 6) is 0.674. The summed E-state index contributed by atoms with van der Waals surface area (Å²) in [5.41, 5.74) is 5.04. The highest BCUT2D eigenvalue weighted by atomic mass is 14.8. The van der Waals surface area contributed by atoms with Gasteiger partial charge in [0, 0.05) is 12.8 Å². The number of nitrogens with zero attached hydrogens (tertiary/aromatic N) is 2. The second-order valence-electron chi connectivity index (χ2n) is 2.58. The molecule has 3 nitrogen and oxygen atoms in total. The van der Waals surface area contributed by atoms with Crippen LogP contribution in [-0.4, -0.2) is 25.6 Å². The van der Waals surface area contributed by atoms with Gasteiger partial charge < -0.3 is 5.73 Å². The van der Waals surface area contributed by atoms with Crippen molar-refractivity contribution >= 4 is 12.6 Å². The summed E-state index contributed by atoms with van der Waals surface area (Å²) < 4.78 is 0. The molecule has 0 bridgehead atoms. The third-order valence-corrected chi connectivity index (χ3v) is 1.54. The van der Waals surface area contributed by atoms with Gasteiger partial charge in [-0.05, 0) is 5.92 Å². The summed E-state index contributed by atoms with van der Waals surface area (Å²) in [6, 6.07) is 0. The standard InChI is InChI=1S/C8H17N3/c1-3-8(2)6-10-4-5-11-7-9/h4,7-8H,3,5-6H2,1-2H3,(H2,9,11). The van der Waals surface area contributed by atoms with Gasteiger partial charge in [0.15, 0.2) is 0 Å². The van der Waals surface area contributed by atoms with E-state index >= 15 is 0 Å². The maximum absolute atomic E-state index is 5.04. The van der Waals surface area contributed by atoms with Gasteiger partial charge >= 0.3 is 0 Å². The molecule has 11 heavy (non-hydrogen) atoms. The topological polar surface area (TPSA) is 50.7 Å². The van der Waals surface area contributed by atoms with Crippen molar-refractivity contribution in [2.24, 2.45) is 21.6 Å². The lowest BCUT2D eigenvalue weighted by molar-refractivity contribution is 0.577. The average Bonchev–Trinajstić information content (AvgIpc) is 2.04. The van der Waals surface area contributed by atoms with E-state index in [4.69, 9.17) is 5.73 Å². The van der Waals surface area contributed by atoms with Crippen LogP contribution in [0.2, 0.25) is 0 Å². The van der Waals surface area contributed by atoms with Crippen LogP contribution in [0.4, 0.5) is 0 Å². The minimum Gasteiger partial charge on any atom is -0.390 e. The Morgan fingerprint density at radius 1 is 1.45 bits per heavy atom. The number of nitrogens with two attached hydrogens (primary N) is 1. The molecule has 0 aromatic heterocycles. The van der Waals surface area contributed by atoms with Crippen LogP contribution < -0.4 is 5.73 Å². The highest BCUT2D eigenvalue weighted by Gasteiger charge is 1.92. The average molecular weight is 155 g/mol. The van der Waals surface area contributed by atoms with Crippen LogP contribution in [0.25, 0.3) is 0 Å². The Bertz CT molecular complexity index is 129. The minimum atomic E-state index is 0.604. The maximum Gasteiger partial charge on any atom is 0.0802 e. The Labute approximate surface area is 68.4 Å². The summed E-state index contributed by atoms with van der Waals surface area (Å²) in [7, 11) is 0. The van der Waals surface area contributed by atoms with Gasteiger partial charge in [0.1, 0.15) is 0 Å². The van der Waals surface area contributed by atoms with Crippen molar-refractivity contribution in [3.63, 3.8) is 0 Å². The van der Waals surface area contributed by atoms with E-state index < -0.39 is 0 Å². The van der Waals surface area contributed by atoms with Crippen molar-refractivity contribution in [3.05, 3.63) is 0 Å². The zero-order chi connectivity index (χ0) is 8.53. The molecule has 0 saturated carbocycles. The molecule has 2 N–H and O–H groups in total. The maximum atomic E-state index is 5.04. The van der Waals surface area contributed by atoms with Crippen molar-refractivity contribution in [2.75, 3.05) is 13.1 Å². The number of hydrogen-bond acceptors (Lipinski definition) is 2. The van der Waals surface area contributed by atoms with E-state index in [1.807, 2.05) is 0 Å². The molecule has 0 saturated heterocycles. The van der Waals surface area contributed by atoms with E-state index in [1.54, 1.807) is 6.21 Å². The fraction of sp³-hybridized carbons (Fsp3) is 0.750.